The van der Waals surface area contributed by atoms with Crippen LogP contribution in [0.1, 0.15) is 48.5 Å². The smallest absolute Gasteiger partial charge is 0.194 e. The normalized spacial score (nSPS) is 19.8. The van der Waals surface area contributed by atoms with Crippen molar-refractivity contribution in [1.82, 2.24) is 9.55 Å². The third-order valence-electron chi connectivity index (χ3n) is 5.85. The summed E-state index contributed by atoms with van der Waals surface area (Å²) >= 11 is 0. The van der Waals surface area contributed by atoms with Gasteiger partial charge >= 0.3 is 0 Å². The minimum atomic E-state index is -3.26. The summed E-state index contributed by atoms with van der Waals surface area (Å²) in [6, 6.07) is 10.4. The van der Waals surface area contributed by atoms with Gasteiger partial charge in [0.2, 0.25) is 0 Å². The van der Waals surface area contributed by atoms with Crippen LogP contribution < -0.4 is 5.43 Å². The highest BCUT2D eigenvalue weighted by atomic mass is 32.2. The van der Waals surface area contributed by atoms with Gasteiger partial charge in [0.15, 0.2) is 15.3 Å². The molecule has 1 saturated carbocycles. The SMILES string of the molecule is Cc1ccc2c(=O)c(Cc3ccc(S(C)(=O)=O)cc3)cn(C3CCCC(O)C3)c2n1. The molecular weight excluding hydrogens is 400 g/mol. The first-order chi connectivity index (χ1) is 14.2. The van der Waals surface area contributed by atoms with Gasteiger partial charge in [0, 0.05) is 36.2 Å². The Labute approximate surface area is 176 Å². The van der Waals surface area contributed by atoms with Gasteiger partial charge in [-0.25, -0.2) is 13.4 Å². The van der Waals surface area contributed by atoms with E-state index in [-0.39, 0.29) is 22.5 Å². The lowest BCUT2D eigenvalue weighted by Gasteiger charge is -2.29. The number of aliphatic hydroxyl groups is 1. The number of benzene rings is 1. The van der Waals surface area contributed by atoms with Gasteiger partial charge in [-0.05, 0) is 62.4 Å². The molecule has 4 rings (SSSR count). The number of nitrogens with zero attached hydrogens (tertiary/aromatic N) is 2. The topological polar surface area (TPSA) is 89.3 Å². The Morgan fingerprint density at radius 3 is 2.53 bits per heavy atom. The van der Waals surface area contributed by atoms with Crippen molar-refractivity contribution < 1.29 is 13.5 Å². The zero-order valence-corrected chi connectivity index (χ0v) is 18.0. The molecular formula is C23H26N2O4S. The highest BCUT2D eigenvalue weighted by Crippen LogP contribution is 2.30. The zero-order chi connectivity index (χ0) is 21.5. The molecule has 1 aromatic carbocycles. The molecule has 1 fully saturated rings. The summed E-state index contributed by atoms with van der Waals surface area (Å²) in [4.78, 5) is 18.1. The van der Waals surface area contributed by atoms with Crippen LogP contribution in [0.25, 0.3) is 11.0 Å². The van der Waals surface area contributed by atoms with Crippen LogP contribution in [0.5, 0.6) is 0 Å². The predicted octanol–water partition coefficient (Wildman–Crippen LogP) is 3.18. The Hall–Kier alpha value is -2.51. The molecule has 158 valence electrons. The number of sulfone groups is 1. The Morgan fingerprint density at radius 2 is 1.87 bits per heavy atom. The first-order valence-electron chi connectivity index (χ1n) is 10.2. The first kappa shape index (κ1) is 20.8. The van der Waals surface area contributed by atoms with Crippen molar-refractivity contribution in [2.24, 2.45) is 0 Å². The fraction of sp³-hybridized carbons (Fsp3) is 0.391. The van der Waals surface area contributed by atoms with Crippen LogP contribution in [-0.4, -0.2) is 35.4 Å². The molecule has 0 aliphatic heterocycles. The molecule has 2 unspecified atom stereocenters. The van der Waals surface area contributed by atoms with Gasteiger partial charge < -0.3 is 9.67 Å². The number of pyridine rings is 2. The highest BCUT2D eigenvalue weighted by Gasteiger charge is 2.24. The molecule has 0 amide bonds. The van der Waals surface area contributed by atoms with Crippen LogP contribution in [0.2, 0.25) is 0 Å². The minimum Gasteiger partial charge on any atom is -0.393 e. The van der Waals surface area contributed by atoms with Crippen molar-refractivity contribution in [1.29, 1.82) is 0 Å². The fourth-order valence-corrected chi connectivity index (χ4v) is 4.88. The number of fused-ring (bicyclic) bond motifs is 1. The fourth-order valence-electron chi connectivity index (χ4n) is 4.25. The summed E-state index contributed by atoms with van der Waals surface area (Å²) in [6.07, 6.45) is 6.45. The van der Waals surface area contributed by atoms with Gasteiger partial charge in [-0.3, -0.25) is 4.79 Å². The molecule has 3 aromatic rings. The van der Waals surface area contributed by atoms with Crippen molar-refractivity contribution in [3.05, 3.63) is 69.6 Å². The molecule has 2 atom stereocenters. The van der Waals surface area contributed by atoms with E-state index >= 15 is 0 Å². The van der Waals surface area contributed by atoms with Crippen molar-refractivity contribution in [3.63, 3.8) is 0 Å². The van der Waals surface area contributed by atoms with Crippen molar-refractivity contribution >= 4 is 20.9 Å². The number of hydrogen-bond donors (Lipinski definition) is 1. The molecule has 0 radical (unpaired) electrons. The molecule has 1 aliphatic carbocycles. The van der Waals surface area contributed by atoms with E-state index in [1.807, 2.05) is 25.3 Å². The zero-order valence-electron chi connectivity index (χ0n) is 17.2. The second-order valence-electron chi connectivity index (χ2n) is 8.28. The van der Waals surface area contributed by atoms with E-state index in [9.17, 15) is 18.3 Å². The summed E-state index contributed by atoms with van der Waals surface area (Å²) in [7, 11) is -3.26. The second kappa shape index (κ2) is 7.96. The third kappa shape index (κ3) is 4.18. The molecule has 2 heterocycles. The predicted molar refractivity (Wildman–Crippen MR) is 117 cm³/mol. The van der Waals surface area contributed by atoms with Gasteiger partial charge in [-0.1, -0.05) is 12.1 Å². The standard InChI is InChI=1S/C23H26N2O4S/c1-15-6-11-21-22(27)17(12-16-7-9-20(10-8-16)30(2,28)29)14-25(23(21)24-15)18-4-3-5-19(26)13-18/h6-11,14,18-19,26H,3-5,12-13H2,1-2H3. The van der Waals surface area contributed by atoms with Gasteiger partial charge in [0.25, 0.3) is 0 Å². The van der Waals surface area contributed by atoms with Crippen LogP contribution in [-0.2, 0) is 16.3 Å². The van der Waals surface area contributed by atoms with Crippen LogP contribution >= 0.6 is 0 Å². The maximum Gasteiger partial charge on any atom is 0.194 e. The van der Waals surface area contributed by atoms with E-state index in [1.165, 1.54) is 6.26 Å². The number of aryl methyl sites for hydroxylation is 1. The number of hydrogen-bond acceptors (Lipinski definition) is 5. The van der Waals surface area contributed by atoms with Crippen molar-refractivity contribution in [2.75, 3.05) is 6.26 Å². The van der Waals surface area contributed by atoms with Crippen LogP contribution in [0, 0.1) is 6.92 Å². The Bertz CT molecular complexity index is 1250. The van der Waals surface area contributed by atoms with Crippen molar-refractivity contribution in [3.8, 4) is 0 Å². The van der Waals surface area contributed by atoms with Crippen LogP contribution in [0.3, 0.4) is 0 Å². The van der Waals surface area contributed by atoms with Crippen LogP contribution in [0.4, 0.5) is 0 Å². The summed E-state index contributed by atoms with van der Waals surface area (Å²) in [5.41, 5.74) is 2.96. The molecule has 1 N–H and O–H groups in total. The first-order valence-corrected chi connectivity index (χ1v) is 12.1. The van der Waals surface area contributed by atoms with Gasteiger partial charge in [0.1, 0.15) is 5.65 Å². The van der Waals surface area contributed by atoms with E-state index < -0.39 is 9.84 Å². The van der Waals surface area contributed by atoms with E-state index in [1.54, 1.807) is 24.3 Å². The summed E-state index contributed by atoms with van der Waals surface area (Å²) in [5, 5.41) is 10.7. The largest absolute Gasteiger partial charge is 0.393 e. The minimum absolute atomic E-state index is 0.0581. The van der Waals surface area contributed by atoms with Crippen LogP contribution in [0.15, 0.2) is 52.3 Å². The molecule has 7 heteroatoms. The summed E-state index contributed by atoms with van der Waals surface area (Å²) in [5.74, 6) is 0. The number of rotatable bonds is 4. The molecule has 6 nitrogen and oxygen atoms in total. The second-order valence-corrected chi connectivity index (χ2v) is 10.3. The van der Waals surface area contributed by atoms with E-state index in [0.29, 0.717) is 29.4 Å². The molecule has 30 heavy (non-hydrogen) atoms. The van der Waals surface area contributed by atoms with E-state index in [4.69, 9.17) is 0 Å². The number of aliphatic hydroxyl groups excluding tert-OH is 1. The Balaban J connectivity index is 1.79. The van der Waals surface area contributed by atoms with Gasteiger partial charge in [0.05, 0.1) is 16.4 Å². The van der Waals surface area contributed by atoms with Gasteiger partial charge in [-0.15, -0.1) is 0 Å². The molecule has 0 spiro atoms. The van der Waals surface area contributed by atoms with Crippen molar-refractivity contribution in [2.45, 2.75) is 56.1 Å². The average molecular weight is 427 g/mol. The average Bonchev–Trinajstić information content (AvgIpc) is 2.69. The highest BCUT2D eigenvalue weighted by molar-refractivity contribution is 7.90. The maximum absolute atomic E-state index is 13.2. The maximum atomic E-state index is 13.2. The summed E-state index contributed by atoms with van der Waals surface area (Å²) < 4.78 is 25.5. The third-order valence-corrected chi connectivity index (χ3v) is 6.98. The Morgan fingerprint density at radius 1 is 1.13 bits per heavy atom. The lowest BCUT2D eigenvalue weighted by Crippen LogP contribution is -2.25. The van der Waals surface area contributed by atoms with Gasteiger partial charge in [-0.2, -0.15) is 0 Å². The van der Waals surface area contributed by atoms with E-state index in [0.717, 1.165) is 30.5 Å². The molecule has 1 aliphatic rings. The monoisotopic (exact) mass is 426 g/mol. The number of aromatic nitrogens is 2. The molecule has 0 bridgehead atoms. The Kier molecular flexibility index (Phi) is 5.51. The molecule has 2 aromatic heterocycles. The quantitative estimate of drug-likeness (QED) is 0.692. The lowest BCUT2D eigenvalue weighted by molar-refractivity contribution is 0.105. The van der Waals surface area contributed by atoms with E-state index in [2.05, 4.69) is 9.55 Å². The summed E-state index contributed by atoms with van der Waals surface area (Å²) in [6.45, 7) is 1.90. The molecule has 0 saturated heterocycles. The lowest BCUT2D eigenvalue weighted by atomic mass is 9.92.